The number of aromatic nitrogens is 3. The molecule has 0 bridgehead atoms. The summed E-state index contributed by atoms with van der Waals surface area (Å²) in [6, 6.07) is 14.0. The van der Waals surface area contributed by atoms with E-state index in [0.717, 1.165) is 12.0 Å². The van der Waals surface area contributed by atoms with Gasteiger partial charge >= 0.3 is 0 Å². The Morgan fingerprint density at radius 3 is 2.52 bits per heavy atom. The Kier molecular flexibility index (Phi) is 4.30. The topological polar surface area (TPSA) is 103 Å². The van der Waals surface area contributed by atoms with Gasteiger partial charge in [0.15, 0.2) is 9.84 Å². The number of rotatable bonds is 3. The highest BCUT2D eigenvalue weighted by molar-refractivity contribution is 7.93. The van der Waals surface area contributed by atoms with Gasteiger partial charge in [-0.2, -0.15) is 0 Å². The molecule has 1 saturated carbocycles. The van der Waals surface area contributed by atoms with Crippen LogP contribution in [0.25, 0.3) is 16.9 Å². The highest BCUT2D eigenvalue weighted by Crippen LogP contribution is 2.47. The third-order valence-corrected chi connectivity index (χ3v) is 9.17. The standard InChI is InChI=1S/C22H22FN5O2S/c1-21(14-31(29,30)22(10-5-11-22)20(24)25-21)17-12-16(8-9-18(17)23)28-13-19(26-27-28)15-6-3-2-4-7-15/h2-4,6-9,12-13H,5,10-11,14H2,1H3,(H2,24,25). The van der Waals surface area contributed by atoms with Gasteiger partial charge in [-0.1, -0.05) is 35.5 Å². The van der Waals surface area contributed by atoms with Crippen molar-refractivity contribution < 1.29 is 12.8 Å². The molecular weight excluding hydrogens is 417 g/mol. The van der Waals surface area contributed by atoms with Crippen LogP contribution in [0.2, 0.25) is 0 Å². The molecule has 3 aromatic rings. The fourth-order valence-electron chi connectivity index (χ4n) is 4.47. The summed E-state index contributed by atoms with van der Waals surface area (Å²) in [6.45, 7) is 1.61. The Labute approximate surface area is 179 Å². The molecule has 2 heterocycles. The first kappa shape index (κ1) is 19.9. The highest BCUT2D eigenvalue weighted by Gasteiger charge is 2.58. The minimum absolute atomic E-state index is 0.0874. The van der Waals surface area contributed by atoms with Crippen LogP contribution in [0.3, 0.4) is 0 Å². The quantitative estimate of drug-likeness (QED) is 0.676. The molecule has 5 rings (SSSR count). The van der Waals surface area contributed by atoms with E-state index in [1.54, 1.807) is 25.3 Å². The molecule has 2 aromatic carbocycles. The van der Waals surface area contributed by atoms with Crippen molar-refractivity contribution in [1.29, 1.82) is 0 Å². The third-order valence-electron chi connectivity index (χ3n) is 6.42. The van der Waals surface area contributed by atoms with Gasteiger partial charge in [-0.3, -0.25) is 4.99 Å². The molecule has 2 N–H and O–H groups in total. The number of halogens is 1. The number of nitrogens with two attached hydrogens (primary N) is 1. The van der Waals surface area contributed by atoms with Crippen molar-refractivity contribution in [3.8, 4) is 16.9 Å². The van der Waals surface area contributed by atoms with Crippen LogP contribution in [0.15, 0.2) is 59.7 Å². The van der Waals surface area contributed by atoms with Gasteiger partial charge in [0.2, 0.25) is 0 Å². The first-order valence-electron chi connectivity index (χ1n) is 10.1. The summed E-state index contributed by atoms with van der Waals surface area (Å²) in [5, 5.41) is 8.35. The van der Waals surface area contributed by atoms with E-state index >= 15 is 0 Å². The molecule has 1 fully saturated rings. The normalized spacial score (nSPS) is 23.9. The number of sulfone groups is 1. The fraction of sp³-hybridized carbons (Fsp3) is 0.318. The van der Waals surface area contributed by atoms with Crippen molar-refractivity contribution in [3.63, 3.8) is 0 Å². The smallest absolute Gasteiger partial charge is 0.165 e. The lowest BCUT2D eigenvalue weighted by Crippen LogP contribution is -2.61. The molecular formula is C22H22FN5O2S. The Morgan fingerprint density at radius 1 is 1.13 bits per heavy atom. The lowest BCUT2D eigenvalue weighted by molar-refractivity contribution is 0.388. The maximum atomic E-state index is 14.9. The Balaban J connectivity index is 1.56. The summed E-state index contributed by atoms with van der Waals surface area (Å²) in [6.07, 6.45) is 3.49. The van der Waals surface area contributed by atoms with Crippen LogP contribution >= 0.6 is 0 Å². The number of nitrogens with zero attached hydrogens (tertiary/aromatic N) is 4. The molecule has 1 atom stereocenters. The zero-order valence-electron chi connectivity index (χ0n) is 17.0. The lowest BCUT2D eigenvalue weighted by atomic mass is 9.82. The van der Waals surface area contributed by atoms with Gasteiger partial charge in [-0.05, 0) is 44.4 Å². The molecule has 7 nitrogen and oxygen atoms in total. The SMILES string of the molecule is CC1(c2cc(-n3cc(-c4ccccc4)nn3)ccc2F)CS(=O)(=O)C2(CCC2)C(N)=N1. The average Bonchev–Trinajstić information content (AvgIpc) is 3.16. The van der Waals surface area contributed by atoms with E-state index in [1.807, 2.05) is 30.3 Å². The number of hydrogen-bond donors (Lipinski definition) is 1. The number of hydrogen-bond acceptors (Lipinski definition) is 6. The van der Waals surface area contributed by atoms with Crippen molar-refractivity contribution in [2.75, 3.05) is 5.75 Å². The summed E-state index contributed by atoms with van der Waals surface area (Å²) in [5.74, 6) is -0.733. The number of aliphatic imine (C=N–C) groups is 1. The summed E-state index contributed by atoms with van der Waals surface area (Å²) in [4.78, 5) is 4.53. The van der Waals surface area contributed by atoms with Crippen molar-refractivity contribution >= 4 is 15.7 Å². The number of benzene rings is 2. The van der Waals surface area contributed by atoms with Crippen molar-refractivity contribution in [2.45, 2.75) is 36.5 Å². The van der Waals surface area contributed by atoms with Gasteiger partial charge in [0, 0.05) is 11.1 Å². The number of amidine groups is 1. The molecule has 31 heavy (non-hydrogen) atoms. The minimum atomic E-state index is -3.57. The molecule has 1 aliphatic heterocycles. The monoisotopic (exact) mass is 439 g/mol. The summed E-state index contributed by atoms with van der Waals surface area (Å²) >= 11 is 0. The summed E-state index contributed by atoms with van der Waals surface area (Å²) in [7, 11) is -3.57. The second kappa shape index (κ2) is 6.71. The van der Waals surface area contributed by atoms with E-state index in [4.69, 9.17) is 5.73 Å². The van der Waals surface area contributed by atoms with E-state index in [2.05, 4.69) is 15.3 Å². The molecule has 1 unspecified atom stereocenters. The Bertz CT molecular complexity index is 1300. The van der Waals surface area contributed by atoms with Crippen molar-refractivity contribution in [3.05, 3.63) is 66.1 Å². The van der Waals surface area contributed by atoms with Gasteiger partial charge in [0.05, 0.1) is 17.6 Å². The third kappa shape index (κ3) is 2.98. The lowest BCUT2D eigenvalue weighted by Gasteiger charge is -2.46. The van der Waals surface area contributed by atoms with Crippen LogP contribution in [-0.2, 0) is 15.4 Å². The van der Waals surface area contributed by atoms with Crippen LogP contribution in [0.4, 0.5) is 4.39 Å². The van der Waals surface area contributed by atoms with Gasteiger partial charge in [-0.15, -0.1) is 5.10 Å². The first-order valence-corrected chi connectivity index (χ1v) is 11.8. The molecule has 0 amide bonds. The molecule has 160 valence electrons. The second-order valence-electron chi connectivity index (χ2n) is 8.46. The van der Waals surface area contributed by atoms with E-state index in [0.29, 0.717) is 24.2 Å². The van der Waals surface area contributed by atoms with Crippen LogP contribution in [0.5, 0.6) is 0 Å². The predicted molar refractivity (Wildman–Crippen MR) is 116 cm³/mol. The van der Waals surface area contributed by atoms with Crippen molar-refractivity contribution in [1.82, 2.24) is 15.0 Å². The molecule has 9 heteroatoms. The Morgan fingerprint density at radius 2 is 1.87 bits per heavy atom. The highest BCUT2D eigenvalue weighted by atomic mass is 32.2. The first-order chi connectivity index (χ1) is 14.7. The fourth-order valence-corrected chi connectivity index (χ4v) is 6.98. The minimum Gasteiger partial charge on any atom is -0.386 e. The van der Waals surface area contributed by atoms with Crippen molar-refractivity contribution in [2.24, 2.45) is 10.7 Å². The van der Waals surface area contributed by atoms with Crippen LogP contribution in [0, 0.1) is 5.82 Å². The zero-order valence-corrected chi connectivity index (χ0v) is 17.8. The molecule has 0 saturated heterocycles. The van der Waals surface area contributed by atoms with Gasteiger partial charge in [-0.25, -0.2) is 17.5 Å². The molecule has 0 radical (unpaired) electrons. The van der Waals surface area contributed by atoms with E-state index in [-0.39, 0.29) is 17.2 Å². The van der Waals surface area contributed by atoms with Crippen LogP contribution in [-0.4, -0.2) is 39.7 Å². The summed E-state index contributed by atoms with van der Waals surface area (Å²) < 4.78 is 41.6. The van der Waals surface area contributed by atoms with Crippen LogP contribution in [0.1, 0.15) is 31.7 Å². The second-order valence-corrected chi connectivity index (χ2v) is 10.8. The predicted octanol–water partition coefficient (Wildman–Crippen LogP) is 3.00. The van der Waals surface area contributed by atoms with E-state index in [1.165, 1.54) is 10.7 Å². The molecule has 1 aliphatic carbocycles. The molecule has 2 aliphatic rings. The van der Waals surface area contributed by atoms with Gasteiger partial charge in [0.1, 0.15) is 27.6 Å². The maximum Gasteiger partial charge on any atom is 0.165 e. The van der Waals surface area contributed by atoms with Gasteiger partial charge < -0.3 is 5.73 Å². The Hall–Kier alpha value is -3.07. The maximum absolute atomic E-state index is 14.9. The van der Waals surface area contributed by atoms with E-state index < -0.39 is 25.9 Å². The zero-order chi connectivity index (χ0) is 21.9. The molecule has 1 spiro atoms. The average molecular weight is 440 g/mol. The van der Waals surface area contributed by atoms with E-state index in [9.17, 15) is 12.8 Å². The molecule has 1 aromatic heterocycles. The summed E-state index contributed by atoms with van der Waals surface area (Å²) in [5.41, 5.74) is 7.15. The van der Waals surface area contributed by atoms with Gasteiger partial charge in [0.25, 0.3) is 0 Å². The van der Waals surface area contributed by atoms with Crippen LogP contribution < -0.4 is 5.73 Å². The largest absolute Gasteiger partial charge is 0.386 e.